The number of hydrogen-bond acceptors (Lipinski definition) is 1. The lowest BCUT2D eigenvalue weighted by atomic mass is 9.92. The van der Waals surface area contributed by atoms with E-state index in [1.54, 1.807) is 0 Å². The van der Waals surface area contributed by atoms with Crippen LogP contribution in [0.1, 0.15) is 39.0 Å². The fraction of sp³-hybridized carbons (Fsp3) is 1.00. The third kappa shape index (κ3) is 4.96. The largest absolute Gasteiger partial charge is 0.460 e. The third-order valence-corrected chi connectivity index (χ3v) is 3.82. The molecule has 0 aromatic rings. The highest BCUT2D eigenvalue weighted by Crippen LogP contribution is 2.60. The Kier molecular flexibility index (Phi) is 8.52. The van der Waals surface area contributed by atoms with E-state index in [0.717, 1.165) is 12.8 Å². The second-order valence-corrected chi connectivity index (χ2v) is 6.06. The van der Waals surface area contributed by atoms with E-state index in [9.17, 15) is 57.1 Å². The molecule has 0 aliphatic rings. The number of hydrogen-bond donors (Lipinski definition) is 1. The van der Waals surface area contributed by atoms with Crippen LogP contribution in [0, 0.1) is 0 Å². The van der Waals surface area contributed by atoms with Gasteiger partial charge in [-0.1, -0.05) is 26.2 Å². The first kappa shape index (κ1) is 27.0. The van der Waals surface area contributed by atoms with Crippen molar-refractivity contribution in [2.75, 3.05) is 13.1 Å². The lowest BCUT2D eigenvalue weighted by molar-refractivity contribution is -0.440. The highest BCUT2D eigenvalue weighted by atomic mass is 19.4. The first-order valence-electron chi connectivity index (χ1n) is 7.97. The second-order valence-electron chi connectivity index (χ2n) is 6.06. The molecule has 0 amide bonds. The summed E-state index contributed by atoms with van der Waals surface area (Å²) in [6, 6.07) is 0. The summed E-state index contributed by atoms with van der Waals surface area (Å²) < 4.78 is 167. The predicted octanol–water partition coefficient (Wildman–Crippen LogP) is 6.29. The van der Waals surface area contributed by atoms with Crippen LogP contribution in [0.25, 0.3) is 0 Å². The van der Waals surface area contributed by atoms with Gasteiger partial charge in [-0.3, -0.25) is 0 Å². The molecule has 0 heterocycles. The van der Waals surface area contributed by atoms with E-state index in [4.69, 9.17) is 0 Å². The fourth-order valence-corrected chi connectivity index (χ4v) is 2.01. The second kappa shape index (κ2) is 8.82. The summed E-state index contributed by atoms with van der Waals surface area (Å²) in [5, 5.41) is 2.14. The maximum absolute atomic E-state index is 13.4. The van der Waals surface area contributed by atoms with Crippen molar-refractivity contribution < 1.29 is 57.1 Å². The Morgan fingerprint density at radius 2 is 1.00 bits per heavy atom. The van der Waals surface area contributed by atoms with Crippen LogP contribution in [0.2, 0.25) is 0 Å². The average molecular weight is 447 g/mol. The van der Waals surface area contributed by atoms with Gasteiger partial charge in [-0.25, -0.2) is 0 Å². The van der Waals surface area contributed by atoms with Crippen LogP contribution in [0.15, 0.2) is 0 Å². The van der Waals surface area contributed by atoms with E-state index in [-0.39, 0.29) is 6.54 Å². The molecule has 0 aromatic heterocycles. The molecule has 0 saturated carbocycles. The minimum absolute atomic E-state index is 0.0135. The van der Waals surface area contributed by atoms with Crippen molar-refractivity contribution in [1.82, 2.24) is 5.32 Å². The monoisotopic (exact) mass is 447 g/mol. The topological polar surface area (TPSA) is 12.0 Å². The first-order chi connectivity index (χ1) is 12.3. The van der Waals surface area contributed by atoms with Crippen molar-refractivity contribution >= 4 is 0 Å². The van der Waals surface area contributed by atoms with Gasteiger partial charge < -0.3 is 5.32 Å². The van der Waals surface area contributed by atoms with Crippen LogP contribution in [0.3, 0.4) is 0 Å². The summed E-state index contributed by atoms with van der Waals surface area (Å²) in [5.74, 6) is -36.4. The van der Waals surface area contributed by atoms with Crippen molar-refractivity contribution in [3.8, 4) is 0 Å². The zero-order chi connectivity index (χ0) is 22.7. The van der Waals surface area contributed by atoms with Crippen LogP contribution in [0.4, 0.5) is 57.1 Å². The summed E-state index contributed by atoms with van der Waals surface area (Å²) in [5.41, 5.74) is 0. The summed E-state index contributed by atoms with van der Waals surface area (Å²) in [6.45, 7) is 0.737. The molecule has 1 N–H and O–H groups in total. The van der Waals surface area contributed by atoms with Crippen LogP contribution in [0.5, 0.6) is 0 Å². The molecule has 170 valence electrons. The number of halogens is 13. The van der Waals surface area contributed by atoms with Crippen LogP contribution < -0.4 is 5.32 Å². The zero-order valence-electron chi connectivity index (χ0n) is 14.4. The van der Waals surface area contributed by atoms with Crippen LogP contribution in [-0.4, -0.2) is 48.9 Å². The lowest BCUT2D eigenvalue weighted by Crippen LogP contribution is -2.70. The van der Waals surface area contributed by atoms with E-state index < -0.39 is 48.8 Å². The molecular formula is C14H18F13N. The molecule has 0 spiro atoms. The van der Waals surface area contributed by atoms with Crippen molar-refractivity contribution in [1.29, 1.82) is 0 Å². The Morgan fingerprint density at radius 1 is 0.536 bits per heavy atom. The number of rotatable bonds is 12. The Bertz CT molecular complexity index is 484. The van der Waals surface area contributed by atoms with E-state index in [2.05, 4.69) is 5.32 Å². The summed E-state index contributed by atoms with van der Waals surface area (Å²) in [6.07, 6.45) is -7.02. The van der Waals surface area contributed by atoms with Crippen molar-refractivity contribution in [3.05, 3.63) is 0 Å². The maximum Gasteiger partial charge on any atom is 0.460 e. The third-order valence-electron chi connectivity index (χ3n) is 3.82. The van der Waals surface area contributed by atoms with E-state index in [0.29, 0.717) is 12.8 Å². The molecule has 14 heteroatoms. The SMILES string of the molecule is CCCCCCNCCC(F)(F)C(F)(F)C(F)(F)C(F)(F)C(F)(F)C(F)(F)F. The smallest absolute Gasteiger partial charge is 0.317 e. The molecule has 0 aliphatic carbocycles. The Balaban J connectivity index is 5.35. The van der Waals surface area contributed by atoms with Crippen molar-refractivity contribution in [3.63, 3.8) is 0 Å². The van der Waals surface area contributed by atoms with Gasteiger partial charge in [0.25, 0.3) is 0 Å². The van der Waals surface area contributed by atoms with Crippen LogP contribution >= 0.6 is 0 Å². The van der Waals surface area contributed by atoms with Gasteiger partial charge in [0.2, 0.25) is 0 Å². The van der Waals surface area contributed by atoms with Gasteiger partial charge in [0.15, 0.2) is 0 Å². The molecule has 28 heavy (non-hydrogen) atoms. The molecule has 0 unspecified atom stereocenters. The van der Waals surface area contributed by atoms with Gasteiger partial charge in [0.05, 0.1) is 0 Å². The molecule has 0 bridgehead atoms. The number of alkyl halides is 13. The van der Waals surface area contributed by atoms with Gasteiger partial charge in [0.1, 0.15) is 0 Å². The molecule has 0 radical (unpaired) electrons. The van der Waals surface area contributed by atoms with Gasteiger partial charge in [-0.2, -0.15) is 57.1 Å². The molecule has 0 aromatic carbocycles. The molecular weight excluding hydrogens is 429 g/mol. The van der Waals surface area contributed by atoms with Crippen molar-refractivity contribution in [2.45, 2.75) is 74.8 Å². The number of unbranched alkanes of at least 4 members (excludes halogenated alkanes) is 3. The van der Waals surface area contributed by atoms with E-state index in [1.807, 2.05) is 6.92 Å². The molecule has 0 saturated heterocycles. The molecule has 1 nitrogen and oxygen atoms in total. The van der Waals surface area contributed by atoms with Crippen LogP contribution in [-0.2, 0) is 0 Å². The van der Waals surface area contributed by atoms with Crippen molar-refractivity contribution in [2.24, 2.45) is 0 Å². The highest BCUT2D eigenvalue weighted by molar-refractivity contribution is 5.10. The van der Waals surface area contributed by atoms with Gasteiger partial charge in [-0.05, 0) is 13.0 Å². The minimum Gasteiger partial charge on any atom is -0.317 e. The molecule has 0 aliphatic heterocycles. The Labute approximate surface area is 151 Å². The summed E-state index contributed by atoms with van der Waals surface area (Å²) >= 11 is 0. The standard InChI is InChI=1S/C14H18F13N/c1-2-3-4-5-7-28-8-6-9(15,16)10(17,18)11(19,20)12(21,22)13(23,24)14(25,26)27/h28H,2-8H2,1H3. The maximum atomic E-state index is 13.4. The quantitative estimate of drug-likeness (QED) is 0.274. The Hall–Kier alpha value is -0.950. The molecule has 0 atom stereocenters. The fourth-order valence-electron chi connectivity index (χ4n) is 2.01. The average Bonchev–Trinajstić information content (AvgIpc) is 2.52. The van der Waals surface area contributed by atoms with Gasteiger partial charge in [-0.15, -0.1) is 0 Å². The highest BCUT2D eigenvalue weighted by Gasteiger charge is 2.90. The summed E-state index contributed by atoms with van der Waals surface area (Å²) in [7, 11) is 0. The van der Waals surface area contributed by atoms with Gasteiger partial charge >= 0.3 is 35.8 Å². The lowest BCUT2D eigenvalue weighted by Gasteiger charge is -2.39. The van der Waals surface area contributed by atoms with Gasteiger partial charge in [0, 0.05) is 13.0 Å². The molecule has 0 fully saturated rings. The minimum atomic E-state index is -7.83. The first-order valence-corrected chi connectivity index (χ1v) is 7.97. The number of nitrogens with one attached hydrogen (secondary N) is 1. The zero-order valence-corrected chi connectivity index (χ0v) is 14.4. The van der Waals surface area contributed by atoms with E-state index in [1.165, 1.54) is 0 Å². The normalized spacial score (nSPS) is 15.2. The predicted molar refractivity (Wildman–Crippen MR) is 72.4 cm³/mol. The summed E-state index contributed by atoms with van der Waals surface area (Å²) in [4.78, 5) is 0. The van der Waals surface area contributed by atoms with E-state index >= 15 is 0 Å². The molecule has 0 rings (SSSR count). The Morgan fingerprint density at radius 3 is 1.43 bits per heavy atom.